The van der Waals surface area contributed by atoms with Gasteiger partial charge in [0.15, 0.2) is 0 Å². The molecule has 0 radical (unpaired) electrons. The van der Waals surface area contributed by atoms with E-state index in [1.165, 1.54) is 5.56 Å². The molecule has 0 amide bonds. The van der Waals surface area contributed by atoms with Crippen molar-refractivity contribution in [3.8, 4) is 0 Å². The second kappa shape index (κ2) is 4.97. The zero-order valence-electron chi connectivity index (χ0n) is 8.69. The number of alkyl halides is 1. The summed E-state index contributed by atoms with van der Waals surface area (Å²) in [5.41, 5.74) is 2.32. The van der Waals surface area contributed by atoms with Crippen LogP contribution in [-0.2, 0) is 6.54 Å². The number of aliphatic hydroxyl groups excluding tert-OH is 1. The maximum atomic E-state index is 9.96. The molecule has 1 aliphatic rings. The zero-order valence-corrected chi connectivity index (χ0v) is 9.45. The maximum absolute atomic E-state index is 9.96. The van der Waals surface area contributed by atoms with Crippen LogP contribution in [-0.4, -0.2) is 29.0 Å². The topological polar surface area (TPSA) is 23.5 Å². The predicted octanol–water partition coefficient (Wildman–Crippen LogP) is 2.16. The molecule has 0 spiro atoms. The third-order valence-electron chi connectivity index (χ3n) is 2.85. The highest BCUT2D eigenvalue weighted by Gasteiger charge is 2.22. The van der Waals surface area contributed by atoms with E-state index >= 15 is 0 Å². The van der Waals surface area contributed by atoms with Crippen LogP contribution in [0.5, 0.6) is 0 Å². The van der Waals surface area contributed by atoms with Crippen molar-refractivity contribution in [2.45, 2.75) is 19.1 Å². The van der Waals surface area contributed by atoms with Crippen LogP contribution in [0.3, 0.4) is 0 Å². The highest BCUT2D eigenvalue weighted by Crippen LogP contribution is 2.25. The van der Waals surface area contributed by atoms with Gasteiger partial charge in [0.25, 0.3) is 0 Å². The van der Waals surface area contributed by atoms with Crippen molar-refractivity contribution in [3.05, 3.63) is 35.4 Å². The van der Waals surface area contributed by atoms with Gasteiger partial charge in [-0.15, -0.1) is 11.6 Å². The molecule has 1 aliphatic heterocycles. The number of fused-ring (bicyclic) bond motifs is 1. The fourth-order valence-corrected chi connectivity index (χ4v) is 2.22. The number of hydrogen-bond donors (Lipinski definition) is 1. The predicted molar refractivity (Wildman–Crippen MR) is 62.0 cm³/mol. The number of aliphatic hydroxyl groups is 1. The summed E-state index contributed by atoms with van der Waals surface area (Å²) in [7, 11) is 0. The minimum absolute atomic E-state index is 0.342. The average Bonchev–Trinajstić information content (AvgIpc) is 2.26. The lowest BCUT2D eigenvalue weighted by molar-refractivity contribution is 0.0926. The minimum Gasteiger partial charge on any atom is -0.387 e. The molecule has 2 rings (SSSR count). The molecule has 1 aromatic carbocycles. The van der Waals surface area contributed by atoms with Gasteiger partial charge >= 0.3 is 0 Å². The summed E-state index contributed by atoms with van der Waals surface area (Å²) in [4.78, 5) is 2.26. The van der Waals surface area contributed by atoms with Crippen LogP contribution in [0.15, 0.2) is 24.3 Å². The minimum atomic E-state index is -0.342. The quantitative estimate of drug-likeness (QED) is 0.797. The maximum Gasteiger partial charge on any atom is 0.0920 e. The third-order valence-corrected chi connectivity index (χ3v) is 3.11. The fourth-order valence-electron chi connectivity index (χ4n) is 2.11. The summed E-state index contributed by atoms with van der Waals surface area (Å²) < 4.78 is 0. The highest BCUT2D eigenvalue weighted by molar-refractivity contribution is 6.17. The van der Waals surface area contributed by atoms with E-state index in [4.69, 9.17) is 11.6 Å². The number of halogens is 1. The second-order valence-electron chi connectivity index (χ2n) is 3.99. The summed E-state index contributed by atoms with van der Waals surface area (Å²) in [6.45, 7) is 2.63. The van der Waals surface area contributed by atoms with E-state index in [1.54, 1.807) is 0 Å². The van der Waals surface area contributed by atoms with Crippen molar-refractivity contribution in [1.29, 1.82) is 0 Å². The molecular weight excluding hydrogens is 210 g/mol. The number of nitrogens with zero attached hydrogens (tertiary/aromatic N) is 1. The van der Waals surface area contributed by atoms with Gasteiger partial charge in [-0.25, -0.2) is 0 Å². The lowest BCUT2D eigenvalue weighted by Crippen LogP contribution is -2.34. The van der Waals surface area contributed by atoms with Gasteiger partial charge in [-0.05, 0) is 24.1 Å². The lowest BCUT2D eigenvalue weighted by atomic mass is 9.97. The second-order valence-corrected chi connectivity index (χ2v) is 4.37. The van der Waals surface area contributed by atoms with Crippen molar-refractivity contribution >= 4 is 11.6 Å². The Hall–Kier alpha value is -0.570. The van der Waals surface area contributed by atoms with E-state index in [0.29, 0.717) is 5.88 Å². The van der Waals surface area contributed by atoms with E-state index in [1.807, 2.05) is 18.2 Å². The number of β-amino-alcohol motifs (C(OH)–C–C–N with tert-alkyl or cyclic N) is 1. The van der Waals surface area contributed by atoms with Gasteiger partial charge in [0, 0.05) is 19.0 Å². The Morgan fingerprint density at radius 3 is 3.00 bits per heavy atom. The number of hydrogen-bond acceptors (Lipinski definition) is 2. The Kier molecular flexibility index (Phi) is 3.62. The van der Waals surface area contributed by atoms with Crippen molar-refractivity contribution < 1.29 is 5.11 Å². The van der Waals surface area contributed by atoms with E-state index < -0.39 is 0 Å². The Balaban J connectivity index is 2.08. The van der Waals surface area contributed by atoms with Gasteiger partial charge in [-0.1, -0.05) is 24.3 Å². The summed E-state index contributed by atoms with van der Waals surface area (Å²) in [6.07, 6.45) is 0.640. The normalized spacial score (nSPS) is 21.3. The first kappa shape index (κ1) is 10.9. The smallest absolute Gasteiger partial charge is 0.0920 e. The average molecular weight is 226 g/mol. The molecular formula is C12H16ClNO. The first-order valence-electron chi connectivity index (χ1n) is 5.35. The van der Waals surface area contributed by atoms with Gasteiger partial charge in [0.05, 0.1) is 6.10 Å². The van der Waals surface area contributed by atoms with Crippen LogP contribution in [0.25, 0.3) is 0 Å². The first-order valence-corrected chi connectivity index (χ1v) is 5.89. The van der Waals surface area contributed by atoms with Crippen LogP contribution in [0.1, 0.15) is 23.7 Å². The van der Waals surface area contributed by atoms with Crippen molar-refractivity contribution in [2.24, 2.45) is 0 Å². The molecule has 3 heteroatoms. The molecule has 0 saturated carbocycles. The van der Waals surface area contributed by atoms with Crippen LogP contribution in [0, 0.1) is 0 Å². The molecule has 0 aromatic heterocycles. The van der Waals surface area contributed by atoms with E-state index in [-0.39, 0.29) is 6.10 Å². The summed E-state index contributed by atoms with van der Waals surface area (Å²) in [5, 5.41) is 9.96. The Morgan fingerprint density at radius 2 is 2.20 bits per heavy atom. The van der Waals surface area contributed by atoms with Crippen LogP contribution in [0.2, 0.25) is 0 Å². The molecule has 0 fully saturated rings. The van der Waals surface area contributed by atoms with Crippen molar-refractivity contribution in [3.63, 3.8) is 0 Å². The number of benzene rings is 1. The van der Waals surface area contributed by atoms with Crippen molar-refractivity contribution in [1.82, 2.24) is 4.90 Å². The van der Waals surface area contributed by atoms with Gasteiger partial charge in [-0.3, -0.25) is 4.90 Å². The molecule has 0 aliphatic carbocycles. The largest absolute Gasteiger partial charge is 0.387 e. The molecule has 2 nitrogen and oxygen atoms in total. The Bertz CT molecular complexity index is 329. The van der Waals surface area contributed by atoms with Crippen molar-refractivity contribution in [2.75, 3.05) is 19.0 Å². The molecule has 0 saturated heterocycles. The molecule has 1 N–H and O–H groups in total. The van der Waals surface area contributed by atoms with E-state index in [0.717, 1.165) is 31.6 Å². The van der Waals surface area contributed by atoms with Crippen LogP contribution in [0.4, 0.5) is 0 Å². The zero-order chi connectivity index (χ0) is 10.7. The summed E-state index contributed by atoms with van der Waals surface area (Å²) in [6, 6.07) is 8.11. The fraction of sp³-hybridized carbons (Fsp3) is 0.500. The Labute approximate surface area is 95.5 Å². The molecule has 1 heterocycles. The number of rotatable bonds is 3. The molecule has 1 atom stereocenters. The van der Waals surface area contributed by atoms with Gasteiger partial charge in [0.1, 0.15) is 0 Å². The van der Waals surface area contributed by atoms with Gasteiger partial charge < -0.3 is 5.11 Å². The molecule has 82 valence electrons. The standard InChI is InChI=1S/C12H16ClNO/c13-6-3-7-14-8-10-4-1-2-5-11(10)12(15)9-14/h1-2,4-5,12,15H,3,6-9H2. The third kappa shape index (κ3) is 2.51. The highest BCUT2D eigenvalue weighted by atomic mass is 35.5. The monoisotopic (exact) mass is 225 g/mol. The molecule has 15 heavy (non-hydrogen) atoms. The van der Waals surface area contributed by atoms with Gasteiger partial charge in [-0.2, -0.15) is 0 Å². The van der Waals surface area contributed by atoms with E-state index in [2.05, 4.69) is 11.0 Å². The van der Waals surface area contributed by atoms with Gasteiger partial charge in [0.2, 0.25) is 0 Å². The SMILES string of the molecule is OC1CN(CCCCl)Cc2ccccc21. The Morgan fingerprint density at radius 1 is 1.40 bits per heavy atom. The lowest BCUT2D eigenvalue weighted by Gasteiger charge is -2.31. The first-order chi connectivity index (χ1) is 7.31. The van der Waals surface area contributed by atoms with Crippen LogP contribution >= 0.6 is 11.6 Å². The van der Waals surface area contributed by atoms with Crippen LogP contribution < -0.4 is 0 Å². The summed E-state index contributed by atoms with van der Waals surface area (Å²) in [5.74, 6) is 0.689. The van der Waals surface area contributed by atoms with E-state index in [9.17, 15) is 5.11 Å². The summed E-state index contributed by atoms with van der Waals surface area (Å²) >= 11 is 5.67. The molecule has 1 unspecified atom stereocenters. The molecule has 0 bridgehead atoms. The molecule has 1 aromatic rings.